The molecule has 0 bridgehead atoms. The summed E-state index contributed by atoms with van der Waals surface area (Å²) in [5.74, 6) is 0. The molecule has 0 rings (SSSR count). The molecule has 0 fully saturated rings. The maximum absolute atomic E-state index is 8.88. The molecule has 0 spiro atoms. The van der Waals surface area contributed by atoms with Crippen LogP contribution in [0.15, 0.2) is 0 Å². The second-order valence-electron chi connectivity index (χ2n) is 5.32. The molecular weight excluding hydrogens is 208 g/mol. The quantitative estimate of drug-likeness (QED) is 0.537. The van der Waals surface area contributed by atoms with Crippen molar-refractivity contribution in [3.8, 4) is 6.07 Å². The summed E-state index contributed by atoms with van der Waals surface area (Å²) >= 11 is 0. The highest BCUT2D eigenvalue weighted by atomic mass is 14.7. The summed E-state index contributed by atoms with van der Waals surface area (Å²) in [5, 5.41) is 8.88. The fourth-order valence-electron chi connectivity index (χ4n) is 2.27. The Morgan fingerprint density at radius 3 is 1.71 bits per heavy atom. The zero-order valence-electron chi connectivity index (χ0n) is 11.8. The van der Waals surface area contributed by atoms with Crippen LogP contribution in [0.3, 0.4) is 0 Å². The van der Waals surface area contributed by atoms with E-state index < -0.39 is 0 Å². The van der Waals surface area contributed by atoms with E-state index >= 15 is 0 Å². The average Bonchev–Trinajstić information content (AvgIpc) is 2.31. The third kappa shape index (κ3) is 9.18. The lowest BCUT2D eigenvalue weighted by Gasteiger charge is -2.27. The van der Waals surface area contributed by atoms with Gasteiger partial charge in [0.15, 0.2) is 0 Å². The van der Waals surface area contributed by atoms with E-state index in [-0.39, 0.29) is 5.54 Å². The molecule has 2 heteroatoms. The van der Waals surface area contributed by atoms with E-state index in [1.165, 1.54) is 51.4 Å². The van der Waals surface area contributed by atoms with Gasteiger partial charge in [-0.15, -0.1) is 0 Å². The minimum absolute atomic E-state index is 0.212. The SMILES string of the molecule is CCCCCCC(N)(CC#N)CCCCCC. The maximum Gasteiger partial charge on any atom is 0.0641 e. The first-order valence-electron chi connectivity index (χ1n) is 7.34. The van der Waals surface area contributed by atoms with Crippen molar-refractivity contribution in [2.45, 2.75) is 90.0 Å². The lowest BCUT2D eigenvalue weighted by Crippen LogP contribution is -2.39. The molecule has 0 aliphatic heterocycles. The second kappa shape index (κ2) is 10.6. The van der Waals surface area contributed by atoms with Crippen LogP contribution in [0.2, 0.25) is 0 Å². The number of nitrogens with two attached hydrogens (primary N) is 1. The van der Waals surface area contributed by atoms with E-state index in [1.54, 1.807) is 0 Å². The minimum atomic E-state index is -0.212. The Bertz CT molecular complexity index is 193. The van der Waals surface area contributed by atoms with Gasteiger partial charge in [-0.3, -0.25) is 0 Å². The topological polar surface area (TPSA) is 49.8 Å². The molecule has 0 amide bonds. The zero-order valence-corrected chi connectivity index (χ0v) is 11.8. The molecule has 2 nitrogen and oxygen atoms in total. The first-order valence-corrected chi connectivity index (χ1v) is 7.34. The molecular formula is C15H30N2. The summed E-state index contributed by atoms with van der Waals surface area (Å²) in [6, 6.07) is 2.27. The fourth-order valence-corrected chi connectivity index (χ4v) is 2.27. The predicted molar refractivity (Wildman–Crippen MR) is 74.7 cm³/mol. The molecule has 2 N–H and O–H groups in total. The van der Waals surface area contributed by atoms with Gasteiger partial charge >= 0.3 is 0 Å². The molecule has 17 heavy (non-hydrogen) atoms. The van der Waals surface area contributed by atoms with Gasteiger partial charge in [0.05, 0.1) is 12.5 Å². The van der Waals surface area contributed by atoms with E-state index in [0.29, 0.717) is 6.42 Å². The zero-order chi connectivity index (χ0) is 13.0. The predicted octanol–water partition coefficient (Wildman–Crippen LogP) is 4.54. The lowest BCUT2D eigenvalue weighted by molar-refractivity contribution is 0.341. The number of hydrogen-bond donors (Lipinski definition) is 1. The standard InChI is InChI=1S/C15H30N2/c1-3-5-7-9-11-15(17,13-14-16)12-10-8-6-4-2/h3-13,17H2,1-2H3. The number of hydrogen-bond acceptors (Lipinski definition) is 2. The van der Waals surface area contributed by atoms with E-state index in [1.807, 2.05) is 0 Å². The molecule has 0 saturated carbocycles. The number of nitrogens with zero attached hydrogens (tertiary/aromatic N) is 1. The van der Waals surface area contributed by atoms with Gasteiger partial charge in [0, 0.05) is 5.54 Å². The Kier molecular flexibility index (Phi) is 10.3. The van der Waals surface area contributed by atoms with Crippen molar-refractivity contribution < 1.29 is 0 Å². The molecule has 0 aromatic rings. The van der Waals surface area contributed by atoms with E-state index in [0.717, 1.165) is 12.8 Å². The molecule has 0 atom stereocenters. The monoisotopic (exact) mass is 238 g/mol. The Morgan fingerprint density at radius 1 is 0.882 bits per heavy atom. The first kappa shape index (κ1) is 16.4. The molecule has 0 aromatic carbocycles. The highest BCUT2D eigenvalue weighted by Gasteiger charge is 2.23. The normalized spacial score (nSPS) is 11.4. The Labute approximate surface area is 108 Å². The number of nitriles is 1. The van der Waals surface area contributed by atoms with Crippen LogP contribution in [0.5, 0.6) is 0 Å². The lowest BCUT2D eigenvalue weighted by atomic mass is 9.85. The van der Waals surface area contributed by atoms with Crippen LogP contribution < -0.4 is 5.73 Å². The molecule has 0 aliphatic carbocycles. The van der Waals surface area contributed by atoms with Gasteiger partial charge in [0.1, 0.15) is 0 Å². The van der Waals surface area contributed by atoms with Crippen LogP contribution in [0.4, 0.5) is 0 Å². The molecule has 0 aromatic heterocycles. The van der Waals surface area contributed by atoms with Crippen molar-refractivity contribution in [1.82, 2.24) is 0 Å². The third-order valence-electron chi connectivity index (χ3n) is 3.49. The van der Waals surface area contributed by atoms with Gasteiger partial charge in [-0.25, -0.2) is 0 Å². The van der Waals surface area contributed by atoms with Crippen LogP contribution in [0.25, 0.3) is 0 Å². The summed E-state index contributed by atoms with van der Waals surface area (Å²) < 4.78 is 0. The van der Waals surface area contributed by atoms with Gasteiger partial charge in [-0.05, 0) is 12.8 Å². The third-order valence-corrected chi connectivity index (χ3v) is 3.49. The van der Waals surface area contributed by atoms with Gasteiger partial charge < -0.3 is 5.73 Å². The Hall–Kier alpha value is -0.550. The first-order chi connectivity index (χ1) is 8.18. The second-order valence-corrected chi connectivity index (χ2v) is 5.32. The Morgan fingerprint density at radius 2 is 1.35 bits per heavy atom. The molecule has 0 radical (unpaired) electrons. The smallest absolute Gasteiger partial charge is 0.0641 e. The van der Waals surface area contributed by atoms with Gasteiger partial charge in [0.2, 0.25) is 0 Å². The van der Waals surface area contributed by atoms with Crippen LogP contribution in [0, 0.1) is 11.3 Å². The van der Waals surface area contributed by atoms with Gasteiger partial charge in [-0.2, -0.15) is 5.26 Å². The highest BCUT2D eigenvalue weighted by Crippen LogP contribution is 2.23. The van der Waals surface area contributed by atoms with Crippen molar-refractivity contribution in [1.29, 1.82) is 5.26 Å². The fraction of sp³-hybridized carbons (Fsp3) is 0.933. The summed E-state index contributed by atoms with van der Waals surface area (Å²) in [6.45, 7) is 4.44. The van der Waals surface area contributed by atoms with Crippen molar-refractivity contribution >= 4 is 0 Å². The average molecular weight is 238 g/mol. The molecule has 0 heterocycles. The van der Waals surface area contributed by atoms with Crippen molar-refractivity contribution in [2.24, 2.45) is 5.73 Å². The van der Waals surface area contributed by atoms with Crippen LogP contribution in [-0.4, -0.2) is 5.54 Å². The summed E-state index contributed by atoms with van der Waals surface area (Å²) in [7, 11) is 0. The van der Waals surface area contributed by atoms with Crippen molar-refractivity contribution in [2.75, 3.05) is 0 Å². The molecule has 0 saturated heterocycles. The summed E-state index contributed by atoms with van der Waals surface area (Å²) in [6.07, 6.45) is 12.5. The van der Waals surface area contributed by atoms with Gasteiger partial charge in [0.25, 0.3) is 0 Å². The number of rotatable bonds is 11. The summed E-state index contributed by atoms with van der Waals surface area (Å²) in [4.78, 5) is 0. The van der Waals surface area contributed by atoms with E-state index in [2.05, 4.69) is 19.9 Å². The van der Waals surface area contributed by atoms with E-state index in [9.17, 15) is 0 Å². The van der Waals surface area contributed by atoms with Gasteiger partial charge in [-0.1, -0.05) is 65.2 Å². The number of unbranched alkanes of at least 4 members (excludes halogenated alkanes) is 6. The highest BCUT2D eigenvalue weighted by molar-refractivity contribution is 4.92. The molecule has 100 valence electrons. The minimum Gasteiger partial charge on any atom is -0.324 e. The van der Waals surface area contributed by atoms with Crippen LogP contribution in [-0.2, 0) is 0 Å². The maximum atomic E-state index is 8.88. The summed E-state index contributed by atoms with van der Waals surface area (Å²) in [5.41, 5.74) is 6.14. The largest absolute Gasteiger partial charge is 0.324 e. The van der Waals surface area contributed by atoms with E-state index in [4.69, 9.17) is 11.0 Å². The van der Waals surface area contributed by atoms with Crippen LogP contribution in [0.1, 0.15) is 84.5 Å². The molecule has 0 unspecified atom stereocenters. The van der Waals surface area contributed by atoms with Crippen molar-refractivity contribution in [3.63, 3.8) is 0 Å². The van der Waals surface area contributed by atoms with Crippen molar-refractivity contribution in [3.05, 3.63) is 0 Å². The Balaban J connectivity index is 3.85. The van der Waals surface area contributed by atoms with Crippen LogP contribution >= 0.6 is 0 Å². The molecule has 0 aliphatic rings.